The van der Waals surface area contributed by atoms with Crippen LogP contribution in [0.4, 0.5) is 5.69 Å². The van der Waals surface area contributed by atoms with E-state index in [4.69, 9.17) is 0 Å². The van der Waals surface area contributed by atoms with Crippen LogP contribution in [0.3, 0.4) is 0 Å². The van der Waals surface area contributed by atoms with Crippen molar-refractivity contribution < 1.29 is 4.79 Å². The highest BCUT2D eigenvalue weighted by Gasteiger charge is 2.17. The molecule has 0 aliphatic heterocycles. The van der Waals surface area contributed by atoms with Crippen LogP contribution < -0.4 is 10.9 Å². The van der Waals surface area contributed by atoms with E-state index in [2.05, 4.69) is 15.4 Å². The Hall–Kier alpha value is -3.26. The van der Waals surface area contributed by atoms with Crippen molar-refractivity contribution >= 4 is 33.1 Å². The Morgan fingerprint density at radius 3 is 2.60 bits per heavy atom. The number of fused-ring (bicyclic) bond motifs is 1. The van der Waals surface area contributed by atoms with Crippen LogP contribution in [0.2, 0.25) is 0 Å². The molecule has 4 rings (SSSR count). The second-order valence-corrected chi connectivity index (χ2v) is 8.42. The normalized spacial score (nSPS) is 11.2. The predicted octanol–water partition coefficient (Wildman–Crippen LogP) is 3.77. The maximum Gasteiger partial charge on any atom is 0.262 e. The van der Waals surface area contributed by atoms with Gasteiger partial charge in [0.25, 0.3) is 5.56 Å². The Labute approximate surface area is 178 Å². The molecule has 0 atom stereocenters. The van der Waals surface area contributed by atoms with E-state index in [1.165, 1.54) is 27.8 Å². The Morgan fingerprint density at radius 1 is 1.17 bits per heavy atom. The molecule has 3 heterocycles. The van der Waals surface area contributed by atoms with Gasteiger partial charge in [-0.2, -0.15) is 5.10 Å². The maximum absolute atomic E-state index is 12.7. The summed E-state index contributed by atoms with van der Waals surface area (Å²) in [6.45, 7) is 7.73. The zero-order valence-corrected chi connectivity index (χ0v) is 18.2. The van der Waals surface area contributed by atoms with E-state index >= 15 is 0 Å². The lowest BCUT2D eigenvalue weighted by atomic mass is 10.2. The minimum absolute atomic E-state index is 0.104. The summed E-state index contributed by atoms with van der Waals surface area (Å²) in [5.41, 5.74) is 4.10. The van der Waals surface area contributed by atoms with E-state index in [0.29, 0.717) is 21.6 Å². The third-order valence-electron chi connectivity index (χ3n) is 5.07. The molecule has 0 radical (unpaired) electrons. The molecular formula is C22H23N5O2S. The van der Waals surface area contributed by atoms with Crippen molar-refractivity contribution in [1.29, 1.82) is 0 Å². The Kier molecular flexibility index (Phi) is 5.26. The molecule has 0 saturated carbocycles. The molecule has 4 aromatic rings. The van der Waals surface area contributed by atoms with Crippen LogP contribution >= 0.6 is 11.3 Å². The predicted molar refractivity (Wildman–Crippen MR) is 120 cm³/mol. The van der Waals surface area contributed by atoms with Crippen molar-refractivity contribution in [2.45, 2.75) is 40.7 Å². The number of aryl methyl sites for hydroxylation is 3. The molecule has 1 aromatic carbocycles. The summed E-state index contributed by atoms with van der Waals surface area (Å²) >= 11 is 1.51. The monoisotopic (exact) mass is 421 g/mol. The van der Waals surface area contributed by atoms with E-state index in [1.54, 1.807) is 0 Å². The Morgan fingerprint density at radius 2 is 1.90 bits per heavy atom. The molecule has 0 bridgehead atoms. The number of anilines is 1. The van der Waals surface area contributed by atoms with Crippen LogP contribution in [-0.2, 0) is 17.8 Å². The minimum Gasteiger partial charge on any atom is -0.321 e. The third-order valence-corrected chi connectivity index (χ3v) is 6.25. The molecule has 7 nitrogen and oxygen atoms in total. The highest BCUT2D eigenvalue weighted by molar-refractivity contribution is 7.18. The number of amides is 1. The lowest BCUT2D eigenvalue weighted by Gasteiger charge is -2.08. The molecule has 1 N–H and O–H groups in total. The van der Waals surface area contributed by atoms with Crippen LogP contribution in [-0.4, -0.2) is 25.2 Å². The standard InChI is InChI=1S/C22H23N5O2S/c1-5-17-10-18-21(30-17)23-12-26(22(18)29)11-19(28)24-20-14(3)25-27(15(20)4)16-8-6-13(2)7-9-16/h6-10,12H,5,11H2,1-4H3,(H,24,28). The van der Waals surface area contributed by atoms with Gasteiger partial charge in [-0.05, 0) is 45.4 Å². The van der Waals surface area contributed by atoms with Crippen molar-refractivity contribution in [2.75, 3.05) is 5.32 Å². The van der Waals surface area contributed by atoms with E-state index < -0.39 is 0 Å². The Bertz CT molecular complexity index is 1300. The fraction of sp³-hybridized carbons (Fsp3) is 0.273. The summed E-state index contributed by atoms with van der Waals surface area (Å²) in [7, 11) is 0. The number of nitrogens with zero attached hydrogens (tertiary/aromatic N) is 4. The quantitative estimate of drug-likeness (QED) is 0.532. The fourth-order valence-corrected chi connectivity index (χ4v) is 4.32. The van der Waals surface area contributed by atoms with Crippen LogP contribution in [0.1, 0.15) is 28.8 Å². The number of carbonyl (C=O) groups is 1. The highest BCUT2D eigenvalue weighted by Crippen LogP contribution is 2.23. The highest BCUT2D eigenvalue weighted by atomic mass is 32.1. The van der Waals surface area contributed by atoms with Gasteiger partial charge in [-0.3, -0.25) is 14.2 Å². The molecule has 0 unspecified atom stereocenters. The van der Waals surface area contributed by atoms with Gasteiger partial charge >= 0.3 is 0 Å². The number of aromatic nitrogens is 4. The molecule has 0 aliphatic rings. The first kappa shape index (κ1) is 20.0. The lowest BCUT2D eigenvalue weighted by molar-refractivity contribution is -0.116. The van der Waals surface area contributed by atoms with E-state index in [9.17, 15) is 9.59 Å². The minimum atomic E-state index is -0.293. The first-order valence-electron chi connectivity index (χ1n) is 9.78. The topological polar surface area (TPSA) is 81.8 Å². The van der Waals surface area contributed by atoms with Crippen LogP contribution in [0.5, 0.6) is 0 Å². The third kappa shape index (κ3) is 3.66. The average Bonchev–Trinajstić information content (AvgIpc) is 3.27. The van der Waals surface area contributed by atoms with Crippen molar-refractivity contribution in [1.82, 2.24) is 19.3 Å². The van der Waals surface area contributed by atoms with Crippen LogP contribution in [0.15, 0.2) is 41.5 Å². The largest absolute Gasteiger partial charge is 0.321 e. The van der Waals surface area contributed by atoms with E-state index in [-0.39, 0.29) is 18.0 Å². The van der Waals surface area contributed by atoms with Gasteiger partial charge in [0.05, 0.1) is 34.5 Å². The zero-order chi connectivity index (χ0) is 21.4. The fourth-order valence-electron chi connectivity index (χ4n) is 3.39. The molecule has 0 aliphatic carbocycles. The van der Waals surface area contributed by atoms with Gasteiger partial charge in [-0.1, -0.05) is 24.6 Å². The van der Waals surface area contributed by atoms with Gasteiger partial charge in [-0.15, -0.1) is 11.3 Å². The number of thiophene rings is 1. The SMILES string of the molecule is CCc1cc2c(=O)n(CC(=O)Nc3c(C)nn(-c4ccc(C)cc4)c3C)cnc2s1. The molecule has 3 aromatic heterocycles. The van der Waals surface area contributed by atoms with Gasteiger partial charge in [0.2, 0.25) is 5.91 Å². The van der Waals surface area contributed by atoms with Crippen LogP contribution in [0.25, 0.3) is 15.9 Å². The second-order valence-electron chi connectivity index (χ2n) is 7.30. The zero-order valence-electron chi connectivity index (χ0n) is 17.4. The number of carbonyl (C=O) groups excluding carboxylic acids is 1. The summed E-state index contributed by atoms with van der Waals surface area (Å²) < 4.78 is 3.15. The molecule has 30 heavy (non-hydrogen) atoms. The number of rotatable bonds is 5. The number of hydrogen-bond donors (Lipinski definition) is 1. The second kappa shape index (κ2) is 7.87. The smallest absolute Gasteiger partial charge is 0.262 e. The molecule has 0 spiro atoms. The summed E-state index contributed by atoms with van der Waals surface area (Å²) in [6.07, 6.45) is 2.29. The summed E-state index contributed by atoms with van der Waals surface area (Å²) in [4.78, 5) is 31.6. The van der Waals surface area contributed by atoms with Crippen molar-refractivity contribution in [3.05, 3.63) is 68.8 Å². The average molecular weight is 422 g/mol. The number of nitrogens with one attached hydrogen (secondary N) is 1. The van der Waals surface area contributed by atoms with Gasteiger partial charge in [0, 0.05) is 4.88 Å². The van der Waals surface area contributed by atoms with Gasteiger partial charge in [-0.25, -0.2) is 9.67 Å². The van der Waals surface area contributed by atoms with Crippen LogP contribution in [0, 0.1) is 20.8 Å². The summed E-state index contributed by atoms with van der Waals surface area (Å²) in [5, 5.41) is 8.04. The molecule has 1 amide bonds. The van der Waals surface area contributed by atoms with Gasteiger partial charge in [0.15, 0.2) is 0 Å². The lowest BCUT2D eigenvalue weighted by Crippen LogP contribution is -2.27. The van der Waals surface area contributed by atoms with E-state index in [0.717, 1.165) is 22.7 Å². The maximum atomic E-state index is 12.7. The summed E-state index contributed by atoms with van der Waals surface area (Å²) in [5.74, 6) is -0.293. The van der Waals surface area contributed by atoms with Gasteiger partial charge < -0.3 is 5.32 Å². The first-order valence-corrected chi connectivity index (χ1v) is 10.6. The Balaban J connectivity index is 1.57. The van der Waals surface area contributed by atoms with E-state index in [1.807, 2.05) is 62.7 Å². The van der Waals surface area contributed by atoms with Crippen molar-refractivity contribution in [2.24, 2.45) is 0 Å². The molecule has 0 fully saturated rings. The summed E-state index contributed by atoms with van der Waals surface area (Å²) in [6, 6.07) is 9.89. The van der Waals surface area contributed by atoms with Crippen molar-refractivity contribution in [3.63, 3.8) is 0 Å². The number of hydrogen-bond acceptors (Lipinski definition) is 5. The van der Waals surface area contributed by atoms with Crippen molar-refractivity contribution in [3.8, 4) is 5.69 Å². The van der Waals surface area contributed by atoms with Gasteiger partial charge in [0.1, 0.15) is 11.4 Å². The molecule has 154 valence electrons. The molecular weight excluding hydrogens is 398 g/mol. The molecule has 0 saturated heterocycles. The first-order chi connectivity index (χ1) is 14.4. The molecule has 8 heteroatoms. The number of benzene rings is 1.